The van der Waals surface area contributed by atoms with Crippen LogP contribution in [0.4, 0.5) is 13.2 Å². The molecule has 0 aliphatic heterocycles. The predicted octanol–water partition coefficient (Wildman–Crippen LogP) is 3.68. The summed E-state index contributed by atoms with van der Waals surface area (Å²) in [6.07, 6.45) is -2.81. The molecule has 6 heteroatoms. The number of nitrogens with zero attached hydrogens (tertiary/aromatic N) is 1. The van der Waals surface area contributed by atoms with E-state index in [-0.39, 0.29) is 30.8 Å². The van der Waals surface area contributed by atoms with E-state index in [1.165, 1.54) is 0 Å². The number of halogens is 3. The number of aliphatic carboxylic acids is 1. The highest BCUT2D eigenvalue weighted by atomic mass is 19.4. The van der Waals surface area contributed by atoms with Crippen molar-refractivity contribution in [3.63, 3.8) is 0 Å². The molecule has 0 spiro atoms. The molecule has 0 aromatic rings. The largest absolute Gasteiger partial charge is 0.481 e. The van der Waals surface area contributed by atoms with Gasteiger partial charge < -0.3 is 5.11 Å². The van der Waals surface area contributed by atoms with Gasteiger partial charge in [-0.3, -0.25) is 9.69 Å². The Morgan fingerprint density at radius 1 is 1.15 bits per heavy atom. The third kappa shape index (κ3) is 4.96. The molecule has 1 N–H and O–H groups in total. The maximum atomic E-state index is 12.7. The van der Waals surface area contributed by atoms with Crippen molar-refractivity contribution in [3.05, 3.63) is 0 Å². The van der Waals surface area contributed by atoms with E-state index in [1.807, 2.05) is 25.7 Å². The fourth-order valence-corrected chi connectivity index (χ4v) is 3.00. The Morgan fingerprint density at radius 2 is 1.65 bits per heavy atom. The lowest BCUT2D eigenvalue weighted by molar-refractivity contribution is -0.185. The van der Waals surface area contributed by atoms with Gasteiger partial charge in [-0.15, -0.1) is 0 Å². The molecule has 0 radical (unpaired) electrons. The van der Waals surface area contributed by atoms with E-state index in [9.17, 15) is 18.0 Å². The van der Waals surface area contributed by atoms with Gasteiger partial charge in [0, 0.05) is 18.1 Å². The Labute approximate surface area is 118 Å². The molecule has 20 heavy (non-hydrogen) atoms. The zero-order valence-electron chi connectivity index (χ0n) is 12.3. The lowest BCUT2D eigenvalue weighted by Crippen LogP contribution is -2.50. The molecule has 0 aromatic carbocycles. The molecule has 0 saturated heterocycles. The first-order valence-electron chi connectivity index (χ1n) is 7.07. The monoisotopic (exact) mass is 295 g/mol. The number of carbonyl (C=O) groups is 1. The number of alkyl halides is 3. The van der Waals surface area contributed by atoms with Crippen molar-refractivity contribution in [2.24, 2.45) is 5.92 Å². The first-order chi connectivity index (χ1) is 9.01. The van der Waals surface area contributed by atoms with Crippen LogP contribution in [-0.4, -0.2) is 40.3 Å². The van der Waals surface area contributed by atoms with Crippen LogP contribution in [0.1, 0.15) is 52.9 Å². The molecule has 1 aliphatic carbocycles. The Hall–Kier alpha value is -0.780. The Balaban J connectivity index is 2.64. The standard InChI is InChI=1S/C14H24F3NO2/c1-13(2,3)18(9-8-12(19)20)11-6-4-10(5-7-11)14(15,16)17/h10-11H,4-9H2,1-3H3,(H,19,20). The third-order valence-electron chi connectivity index (χ3n) is 4.03. The molecule has 118 valence electrons. The molecule has 0 aromatic heterocycles. The molecule has 1 saturated carbocycles. The minimum atomic E-state index is -4.10. The average molecular weight is 295 g/mol. The second-order valence-corrected chi connectivity index (χ2v) is 6.56. The van der Waals surface area contributed by atoms with Crippen LogP contribution in [0.5, 0.6) is 0 Å². The van der Waals surface area contributed by atoms with Gasteiger partial charge >= 0.3 is 12.1 Å². The zero-order chi connectivity index (χ0) is 15.6. The predicted molar refractivity (Wildman–Crippen MR) is 70.5 cm³/mol. The van der Waals surface area contributed by atoms with E-state index in [4.69, 9.17) is 5.11 Å². The van der Waals surface area contributed by atoms with Crippen LogP contribution in [-0.2, 0) is 4.79 Å². The summed E-state index contributed by atoms with van der Waals surface area (Å²) in [6, 6.07) is 0.0490. The van der Waals surface area contributed by atoms with Crippen LogP contribution < -0.4 is 0 Å². The molecule has 1 fully saturated rings. The van der Waals surface area contributed by atoms with Gasteiger partial charge in [0.05, 0.1) is 12.3 Å². The molecule has 0 amide bonds. The highest BCUT2D eigenvalue weighted by Crippen LogP contribution is 2.39. The first kappa shape index (κ1) is 17.3. The van der Waals surface area contributed by atoms with Gasteiger partial charge in [-0.1, -0.05) is 0 Å². The number of hydrogen-bond acceptors (Lipinski definition) is 2. The van der Waals surface area contributed by atoms with E-state index >= 15 is 0 Å². The van der Waals surface area contributed by atoms with Crippen molar-refractivity contribution in [2.75, 3.05) is 6.54 Å². The highest BCUT2D eigenvalue weighted by Gasteiger charge is 2.43. The Kier molecular flexibility index (Phi) is 5.46. The van der Waals surface area contributed by atoms with Crippen molar-refractivity contribution in [3.8, 4) is 0 Å². The van der Waals surface area contributed by atoms with E-state index in [0.717, 1.165) is 0 Å². The Bertz CT molecular complexity index is 328. The summed E-state index contributed by atoms with van der Waals surface area (Å²) in [5.41, 5.74) is -0.231. The molecule has 3 nitrogen and oxygen atoms in total. The van der Waals surface area contributed by atoms with Crippen molar-refractivity contribution < 1.29 is 23.1 Å². The molecule has 0 atom stereocenters. The summed E-state index contributed by atoms with van der Waals surface area (Å²) in [5, 5.41) is 8.80. The molecule has 1 rings (SSSR count). The van der Waals surface area contributed by atoms with Crippen LogP contribution in [0.25, 0.3) is 0 Å². The van der Waals surface area contributed by atoms with Crippen molar-refractivity contribution in [1.82, 2.24) is 4.90 Å². The van der Waals surface area contributed by atoms with Crippen LogP contribution in [0.3, 0.4) is 0 Å². The topological polar surface area (TPSA) is 40.5 Å². The smallest absolute Gasteiger partial charge is 0.391 e. The second kappa shape index (κ2) is 6.33. The number of carboxylic acids is 1. The normalized spacial score (nSPS) is 24.9. The summed E-state index contributed by atoms with van der Waals surface area (Å²) in [4.78, 5) is 12.8. The van der Waals surface area contributed by atoms with Gasteiger partial charge in [-0.25, -0.2) is 0 Å². The fraction of sp³-hybridized carbons (Fsp3) is 0.929. The van der Waals surface area contributed by atoms with E-state index in [0.29, 0.717) is 19.4 Å². The van der Waals surface area contributed by atoms with Crippen LogP contribution >= 0.6 is 0 Å². The summed E-state index contributed by atoms with van der Waals surface area (Å²) >= 11 is 0. The van der Waals surface area contributed by atoms with Crippen LogP contribution in [0.15, 0.2) is 0 Å². The first-order valence-corrected chi connectivity index (χ1v) is 7.07. The SMILES string of the molecule is CC(C)(C)N(CCC(=O)O)C1CCC(C(F)(F)F)CC1. The molecule has 0 heterocycles. The van der Waals surface area contributed by atoms with Crippen molar-refractivity contribution >= 4 is 5.97 Å². The van der Waals surface area contributed by atoms with Gasteiger partial charge in [0.2, 0.25) is 0 Å². The maximum absolute atomic E-state index is 12.7. The van der Waals surface area contributed by atoms with Gasteiger partial charge in [0.25, 0.3) is 0 Å². The Morgan fingerprint density at radius 3 is 2.00 bits per heavy atom. The van der Waals surface area contributed by atoms with Gasteiger partial charge in [-0.05, 0) is 46.5 Å². The van der Waals surface area contributed by atoms with Gasteiger partial charge in [0.15, 0.2) is 0 Å². The highest BCUT2D eigenvalue weighted by molar-refractivity contribution is 5.66. The summed E-state index contributed by atoms with van der Waals surface area (Å²) in [7, 11) is 0. The zero-order valence-corrected chi connectivity index (χ0v) is 12.3. The average Bonchev–Trinajstić information content (AvgIpc) is 2.26. The number of hydrogen-bond donors (Lipinski definition) is 1. The molecule has 0 unspecified atom stereocenters. The molecular weight excluding hydrogens is 271 g/mol. The lowest BCUT2D eigenvalue weighted by Gasteiger charge is -2.44. The number of carboxylic acid groups (broad SMARTS) is 1. The third-order valence-corrected chi connectivity index (χ3v) is 4.03. The van der Waals surface area contributed by atoms with Crippen molar-refractivity contribution in [2.45, 2.75) is 70.6 Å². The molecular formula is C14H24F3NO2. The summed E-state index contributed by atoms with van der Waals surface area (Å²) < 4.78 is 38.0. The van der Waals surface area contributed by atoms with Gasteiger partial charge in [0.1, 0.15) is 0 Å². The van der Waals surface area contributed by atoms with E-state index in [1.54, 1.807) is 0 Å². The summed E-state index contributed by atoms with van der Waals surface area (Å²) in [6.45, 7) is 6.32. The lowest BCUT2D eigenvalue weighted by atomic mass is 9.83. The second-order valence-electron chi connectivity index (χ2n) is 6.56. The van der Waals surface area contributed by atoms with Crippen molar-refractivity contribution in [1.29, 1.82) is 0 Å². The quantitative estimate of drug-likeness (QED) is 0.860. The maximum Gasteiger partial charge on any atom is 0.391 e. The number of rotatable bonds is 4. The summed E-state index contributed by atoms with van der Waals surface area (Å²) in [5.74, 6) is -2.07. The van der Waals surface area contributed by atoms with E-state index in [2.05, 4.69) is 0 Å². The van der Waals surface area contributed by atoms with Crippen LogP contribution in [0.2, 0.25) is 0 Å². The van der Waals surface area contributed by atoms with Crippen LogP contribution in [0, 0.1) is 5.92 Å². The molecule has 0 bridgehead atoms. The van der Waals surface area contributed by atoms with Gasteiger partial charge in [-0.2, -0.15) is 13.2 Å². The fourth-order valence-electron chi connectivity index (χ4n) is 3.00. The minimum absolute atomic E-state index is 0.0243. The minimum Gasteiger partial charge on any atom is -0.481 e. The van der Waals surface area contributed by atoms with E-state index < -0.39 is 18.1 Å². The molecule has 1 aliphatic rings.